The Morgan fingerprint density at radius 2 is 1.91 bits per heavy atom. The van der Waals surface area contributed by atoms with Crippen LogP contribution in [0.1, 0.15) is 39.6 Å². The van der Waals surface area contributed by atoms with Crippen molar-refractivity contribution in [3.05, 3.63) is 63.7 Å². The molecule has 3 aromatic rings. The Hall–Kier alpha value is -3.63. The van der Waals surface area contributed by atoms with E-state index >= 15 is 0 Å². The highest BCUT2D eigenvalue weighted by Gasteiger charge is 2.23. The van der Waals surface area contributed by atoms with Gasteiger partial charge in [-0.15, -0.1) is 0 Å². The lowest BCUT2D eigenvalue weighted by Gasteiger charge is -2.23. The smallest absolute Gasteiger partial charge is 0.408 e. The summed E-state index contributed by atoms with van der Waals surface area (Å²) in [5.74, 6) is 0.248. The lowest BCUT2D eigenvalue weighted by Crippen LogP contribution is -2.37. The zero-order valence-electron chi connectivity index (χ0n) is 19.9. The average molecular weight is 502 g/mol. The highest BCUT2D eigenvalue weighted by atomic mass is 35.5. The number of urea groups is 1. The van der Waals surface area contributed by atoms with Crippen molar-refractivity contribution in [1.82, 2.24) is 20.2 Å². The number of halogens is 1. The molecule has 0 saturated carbocycles. The fourth-order valence-corrected chi connectivity index (χ4v) is 3.61. The quantitative estimate of drug-likeness (QED) is 0.406. The molecule has 1 heterocycles. The first-order valence-electron chi connectivity index (χ1n) is 11.0. The van der Waals surface area contributed by atoms with E-state index in [0.717, 1.165) is 0 Å². The zero-order valence-corrected chi connectivity index (χ0v) is 20.6. The van der Waals surface area contributed by atoms with E-state index in [-0.39, 0.29) is 29.4 Å². The molecule has 10 nitrogen and oxygen atoms in total. The van der Waals surface area contributed by atoms with Gasteiger partial charge in [0.1, 0.15) is 11.4 Å². The molecule has 1 atom stereocenters. The van der Waals surface area contributed by atoms with Crippen molar-refractivity contribution >= 4 is 40.3 Å². The summed E-state index contributed by atoms with van der Waals surface area (Å²) in [5.41, 5.74) is 0.0456. The van der Waals surface area contributed by atoms with Gasteiger partial charge in [0.15, 0.2) is 0 Å². The molecule has 11 heteroatoms. The van der Waals surface area contributed by atoms with Gasteiger partial charge in [0.25, 0.3) is 5.56 Å². The summed E-state index contributed by atoms with van der Waals surface area (Å²) in [4.78, 5) is 42.7. The first-order valence-corrected chi connectivity index (χ1v) is 11.3. The van der Waals surface area contributed by atoms with E-state index in [1.807, 2.05) is 0 Å². The van der Waals surface area contributed by atoms with Gasteiger partial charge in [-0.1, -0.05) is 23.7 Å². The van der Waals surface area contributed by atoms with Crippen molar-refractivity contribution in [3.63, 3.8) is 0 Å². The second kappa shape index (κ2) is 10.7. The average Bonchev–Trinajstić information content (AvgIpc) is 2.76. The molecule has 0 aliphatic carbocycles. The van der Waals surface area contributed by atoms with Crippen LogP contribution in [0.25, 0.3) is 16.6 Å². The van der Waals surface area contributed by atoms with Crippen molar-refractivity contribution in [2.75, 3.05) is 18.5 Å². The van der Waals surface area contributed by atoms with E-state index in [0.29, 0.717) is 16.9 Å². The predicted molar refractivity (Wildman–Crippen MR) is 134 cm³/mol. The second-order valence-corrected chi connectivity index (χ2v) is 9.17. The highest BCUT2D eigenvalue weighted by molar-refractivity contribution is 6.35. The zero-order chi connectivity index (χ0) is 25.8. The minimum atomic E-state index is -0.717. The number of anilines is 1. The van der Waals surface area contributed by atoms with Crippen molar-refractivity contribution in [3.8, 4) is 5.69 Å². The van der Waals surface area contributed by atoms with Gasteiger partial charge in [-0.25, -0.2) is 14.6 Å². The number of hydrogen-bond acceptors (Lipinski definition) is 6. The number of carbonyl (C=O) groups excluding carboxylic acids is 2. The molecule has 0 spiro atoms. The minimum Gasteiger partial charge on any atom is -0.444 e. The Kier molecular flexibility index (Phi) is 7.98. The van der Waals surface area contributed by atoms with E-state index in [4.69, 9.17) is 21.4 Å². The molecule has 0 saturated heterocycles. The van der Waals surface area contributed by atoms with E-state index in [9.17, 15) is 14.4 Å². The number of amides is 3. The topological polar surface area (TPSA) is 135 Å². The molecule has 0 bridgehead atoms. The number of aliphatic hydroxyl groups is 1. The molecule has 35 heavy (non-hydrogen) atoms. The van der Waals surface area contributed by atoms with Gasteiger partial charge >= 0.3 is 12.1 Å². The summed E-state index contributed by atoms with van der Waals surface area (Å²) >= 11 is 6.33. The highest BCUT2D eigenvalue weighted by Crippen LogP contribution is 2.24. The number of benzene rings is 2. The summed E-state index contributed by atoms with van der Waals surface area (Å²) in [6, 6.07) is 10.3. The molecular formula is C24H28ClN5O5. The molecule has 0 unspecified atom stereocenters. The molecular weight excluding hydrogens is 474 g/mol. The van der Waals surface area contributed by atoms with E-state index < -0.39 is 29.3 Å². The Balaban J connectivity index is 2.10. The number of ether oxygens (including phenoxy) is 1. The maximum Gasteiger partial charge on any atom is 0.408 e. The second-order valence-electron chi connectivity index (χ2n) is 8.77. The van der Waals surface area contributed by atoms with E-state index in [2.05, 4.69) is 20.9 Å². The molecule has 0 radical (unpaired) electrons. The number of rotatable bonds is 6. The standard InChI is InChI=1S/C24H28ClN5O5/c1-14(27-23(34)35-24(2,3)4)20-29-18-10-6-9-17(25)19(18)21(32)30(20)16-8-5-7-15(13-16)28-22(33)26-11-12-31/h5-10,13-14,31H,11-12H2,1-4H3,(H,27,34)(H2,26,28,33)/t14-/m0/s1. The summed E-state index contributed by atoms with van der Waals surface area (Å²) in [6.45, 7) is 6.83. The lowest BCUT2D eigenvalue weighted by atomic mass is 10.2. The van der Waals surface area contributed by atoms with Gasteiger partial charge in [0.2, 0.25) is 0 Å². The lowest BCUT2D eigenvalue weighted by molar-refractivity contribution is 0.0505. The van der Waals surface area contributed by atoms with Crippen LogP contribution >= 0.6 is 11.6 Å². The summed E-state index contributed by atoms with van der Waals surface area (Å²) < 4.78 is 6.69. The largest absolute Gasteiger partial charge is 0.444 e. The summed E-state index contributed by atoms with van der Waals surface area (Å²) in [7, 11) is 0. The molecule has 0 aliphatic rings. The van der Waals surface area contributed by atoms with Crippen molar-refractivity contribution in [2.24, 2.45) is 0 Å². The van der Waals surface area contributed by atoms with Crippen LogP contribution in [0.2, 0.25) is 5.02 Å². The molecule has 2 aromatic carbocycles. The van der Waals surface area contributed by atoms with E-state index in [1.54, 1.807) is 70.2 Å². The van der Waals surface area contributed by atoms with Gasteiger partial charge < -0.3 is 25.8 Å². The van der Waals surface area contributed by atoms with Crippen LogP contribution in [0.4, 0.5) is 15.3 Å². The molecule has 4 N–H and O–H groups in total. The third kappa shape index (κ3) is 6.49. The number of nitrogens with zero attached hydrogens (tertiary/aromatic N) is 2. The van der Waals surface area contributed by atoms with Crippen LogP contribution in [0.15, 0.2) is 47.3 Å². The maximum absolute atomic E-state index is 13.6. The normalized spacial score (nSPS) is 12.2. The van der Waals surface area contributed by atoms with Crippen molar-refractivity contribution < 1.29 is 19.4 Å². The number of aromatic nitrogens is 2. The van der Waals surface area contributed by atoms with E-state index in [1.165, 1.54) is 4.57 Å². The molecule has 1 aromatic heterocycles. The van der Waals surface area contributed by atoms with Crippen molar-refractivity contribution in [2.45, 2.75) is 39.3 Å². The van der Waals surface area contributed by atoms with Gasteiger partial charge in [-0.05, 0) is 58.0 Å². The van der Waals surface area contributed by atoms with Crippen LogP contribution in [0.3, 0.4) is 0 Å². The Bertz CT molecular complexity index is 1300. The monoisotopic (exact) mass is 501 g/mol. The Morgan fingerprint density at radius 3 is 2.60 bits per heavy atom. The molecule has 0 fully saturated rings. The number of fused-ring (bicyclic) bond motifs is 1. The van der Waals surface area contributed by atoms with Gasteiger partial charge in [-0.2, -0.15) is 0 Å². The third-order valence-electron chi connectivity index (χ3n) is 4.75. The van der Waals surface area contributed by atoms with Crippen LogP contribution in [0, 0.1) is 0 Å². The SMILES string of the molecule is C[C@H](NC(=O)OC(C)(C)C)c1nc2cccc(Cl)c2c(=O)n1-c1cccc(NC(=O)NCCO)c1. The van der Waals surface area contributed by atoms with Crippen LogP contribution in [0.5, 0.6) is 0 Å². The van der Waals surface area contributed by atoms with Crippen LogP contribution in [-0.2, 0) is 4.74 Å². The third-order valence-corrected chi connectivity index (χ3v) is 5.07. The number of carbonyl (C=O) groups is 2. The maximum atomic E-state index is 13.6. The Morgan fingerprint density at radius 1 is 1.20 bits per heavy atom. The van der Waals surface area contributed by atoms with Crippen LogP contribution < -0.4 is 21.5 Å². The minimum absolute atomic E-state index is 0.0933. The van der Waals surface area contributed by atoms with Gasteiger partial charge in [0.05, 0.1) is 34.3 Å². The van der Waals surface area contributed by atoms with Crippen molar-refractivity contribution in [1.29, 1.82) is 0 Å². The predicted octanol–water partition coefficient (Wildman–Crippen LogP) is 3.74. The van der Waals surface area contributed by atoms with Gasteiger partial charge in [0, 0.05) is 12.2 Å². The fourth-order valence-electron chi connectivity index (χ4n) is 3.36. The summed E-state index contributed by atoms with van der Waals surface area (Å²) in [5, 5.41) is 17.2. The molecule has 0 aliphatic heterocycles. The molecule has 3 rings (SSSR count). The Labute approximate surface area is 207 Å². The number of aliphatic hydroxyl groups excluding tert-OH is 1. The number of hydrogen-bond donors (Lipinski definition) is 4. The fraction of sp³-hybridized carbons (Fsp3) is 0.333. The van der Waals surface area contributed by atoms with Crippen LogP contribution in [-0.4, -0.2) is 45.5 Å². The van der Waals surface area contributed by atoms with Gasteiger partial charge in [-0.3, -0.25) is 9.36 Å². The molecule has 186 valence electrons. The molecule has 3 amide bonds. The first-order chi connectivity index (χ1) is 16.5. The first kappa shape index (κ1) is 26.0. The number of nitrogens with one attached hydrogen (secondary N) is 3. The number of alkyl carbamates (subject to hydrolysis) is 1. The summed E-state index contributed by atoms with van der Waals surface area (Å²) in [6.07, 6.45) is -0.659.